The number of nitrogens with zero attached hydrogens (tertiary/aromatic N) is 1. The van der Waals surface area contributed by atoms with Gasteiger partial charge >= 0.3 is 0 Å². The third-order valence-electron chi connectivity index (χ3n) is 1.82. The van der Waals surface area contributed by atoms with Crippen molar-refractivity contribution in [1.29, 1.82) is 0 Å². The first kappa shape index (κ1) is 7.94. The molecule has 1 fully saturated rings. The zero-order valence-electron chi connectivity index (χ0n) is 5.99. The molecule has 60 valence electrons. The topological polar surface area (TPSA) is 63.9 Å². The fourth-order valence-corrected chi connectivity index (χ4v) is 1.30. The standard InChI is InChI=1S/C6H13NO3/c1-5(8)7-4-2-3-6(7,9)10/h5,8-10H,2-4H2,1H3. The maximum absolute atomic E-state index is 9.15. The summed E-state index contributed by atoms with van der Waals surface area (Å²) in [5.74, 6) is -1.78. The van der Waals surface area contributed by atoms with Crippen molar-refractivity contribution in [3.63, 3.8) is 0 Å². The number of rotatable bonds is 1. The lowest BCUT2D eigenvalue weighted by molar-refractivity contribution is -0.275. The molecule has 1 aliphatic heterocycles. The second kappa shape index (κ2) is 2.47. The molecule has 0 aliphatic carbocycles. The molecule has 0 aromatic rings. The highest BCUT2D eigenvalue weighted by Crippen LogP contribution is 2.24. The summed E-state index contributed by atoms with van der Waals surface area (Å²) < 4.78 is 0. The Hall–Kier alpha value is -0.160. The van der Waals surface area contributed by atoms with Gasteiger partial charge in [0.25, 0.3) is 0 Å². The van der Waals surface area contributed by atoms with Crippen LogP contribution in [0.4, 0.5) is 0 Å². The van der Waals surface area contributed by atoms with E-state index in [1.807, 2.05) is 0 Å². The van der Waals surface area contributed by atoms with Gasteiger partial charge in [0.05, 0.1) is 0 Å². The Labute approximate surface area is 59.7 Å². The van der Waals surface area contributed by atoms with Crippen LogP contribution in [0.5, 0.6) is 0 Å². The average Bonchev–Trinajstić information content (AvgIpc) is 2.08. The quantitative estimate of drug-likeness (QED) is 0.419. The van der Waals surface area contributed by atoms with Gasteiger partial charge in [0.15, 0.2) is 0 Å². The molecule has 0 saturated carbocycles. The summed E-state index contributed by atoms with van der Waals surface area (Å²) in [5.41, 5.74) is 0. The lowest BCUT2D eigenvalue weighted by atomic mass is 10.3. The first-order chi connectivity index (χ1) is 4.54. The van der Waals surface area contributed by atoms with Crippen molar-refractivity contribution in [1.82, 2.24) is 4.90 Å². The molecule has 1 aliphatic rings. The van der Waals surface area contributed by atoms with Crippen molar-refractivity contribution < 1.29 is 15.3 Å². The number of hydrogen-bond donors (Lipinski definition) is 3. The van der Waals surface area contributed by atoms with E-state index < -0.39 is 12.1 Å². The van der Waals surface area contributed by atoms with E-state index in [1.54, 1.807) is 0 Å². The molecular weight excluding hydrogens is 134 g/mol. The fraction of sp³-hybridized carbons (Fsp3) is 1.00. The molecule has 4 nitrogen and oxygen atoms in total. The molecule has 3 N–H and O–H groups in total. The Bertz CT molecular complexity index is 124. The summed E-state index contributed by atoms with van der Waals surface area (Å²) in [6.45, 7) is 2.07. The highest BCUT2D eigenvalue weighted by atomic mass is 16.5. The van der Waals surface area contributed by atoms with Crippen LogP contribution in [0.25, 0.3) is 0 Å². The van der Waals surface area contributed by atoms with Crippen LogP contribution < -0.4 is 0 Å². The molecule has 0 aromatic carbocycles. The SMILES string of the molecule is CC(O)N1CCCC1(O)O. The molecule has 0 radical (unpaired) electrons. The Morgan fingerprint density at radius 2 is 2.10 bits per heavy atom. The molecule has 4 heteroatoms. The summed E-state index contributed by atoms with van der Waals surface area (Å²) >= 11 is 0. The van der Waals surface area contributed by atoms with Crippen LogP contribution in [-0.2, 0) is 0 Å². The molecule has 1 unspecified atom stereocenters. The Morgan fingerprint density at radius 1 is 1.50 bits per heavy atom. The summed E-state index contributed by atoms with van der Waals surface area (Å²) in [4.78, 5) is 1.26. The van der Waals surface area contributed by atoms with E-state index in [1.165, 1.54) is 11.8 Å². The van der Waals surface area contributed by atoms with E-state index in [4.69, 9.17) is 15.3 Å². The summed E-state index contributed by atoms with van der Waals surface area (Å²) in [7, 11) is 0. The molecule has 1 atom stereocenters. The number of aliphatic hydroxyl groups excluding tert-OH is 1. The van der Waals surface area contributed by atoms with E-state index in [0.29, 0.717) is 13.0 Å². The molecule has 0 aromatic heterocycles. The van der Waals surface area contributed by atoms with E-state index in [0.717, 1.165) is 6.42 Å². The van der Waals surface area contributed by atoms with Crippen LogP contribution in [0, 0.1) is 0 Å². The molecule has 0 spiro atoms. The Kier molecular flexibility index (Phi) is 1.96. The third kappa shape index (κ3) is 1.29. The lowest BCUT2D eigenvalue weighted by Gasteiger charge is -2.30. The van der Waals surface area contributed by atoms with Gasteiger partial charge < -0.3 is 15.3 Å². The summed E-state index contributed by atoms with van der Waals surface area (Å²) in [6.07, 6.45) is 0.257. The normalized spacial score (nSPS) is 28.8. The average molecular weight is 147 g/mol. The van der Waals surface area contributed by atoms with E-state index >= 15 is 0 Å². The first-order valence-electron chi connectivity index (χ1n) is 3.43. The van der Waals surface area contributed by atoms with Gasteiger partial charge in [-0.2, -0.15) is 0 Å². The van der Waals surface area contributed by atoms with Crippen LogP contribution in [0.15, 0.2) is 0 Å². The van der Waals surface area contributed by atoms with Gasteiger partial charge in [-0.25, -0.2) is 4.90 Å². The molecule has 0 bridgehead atoms. The minimum Gasteiger partial charge on any atom is -0.379 e. The van der Waals surface area contributed by atoms with Gasteiger partial charge in [-0.1, -0.05) is 0 Å². The van der Waals surface area contributed by atoms with Crippen molar-refractivity contribution in [3.05, 3.63) is 0 Å². The molecule has 1 heterocycles. The summed E-state index contributed by atoms with van der Waals surface area (Å²) in [5, 5.41) is 27.3. The maximum atomic E-state index is 9.15. The van der Waals surface area contributed by atoms with Crippen LogP contribution in [0.2, 0.25) is 0 Å². The number of aliphatic hydroxyl groups is 3. The second-order valence-corrected chi connectivity index (χ2v) is 2.70. The van der Waals surface area contributed by atoms with Gasteiger partial charge in [0.1, 0.15) is 6.23 Å². The predicted molar refractivity (Wildman–Crippen MR) is 34.8 cm³/mol. The predicted octanol–water partition coefficient (Wildman–Crippen LogP) is -0.941. The largest absolute Gasteiger partial charge is 0.379 e. The minimum atomic E-state index is -1.78. The van der Waals surface area contributed by atoms with Crippen LogP contribution in [-0.4, -0.2) is 38.9 Å². The maximum Gasteiger partial charge on any atom is 0.226 e. The van der Waals surface area contributed by atoms with Gasteiger partial charge in [-0.05, 0) is 13.3 Å². The Balaban J connectivity index is 2.59. The highest BCUT2D eigenvalue weighted by Gasteiger charge is 2.38. The van der Waals surface area contributed by atoms with Crippen LogP contribution >= 0.6 is 0 Å². The van der Waals surface area contributed by atoms with E-state index in [9.17, 15) is 0 Å². The number of likely N-dealkylation sites (tertiary alicyclic amines) is 1. The lowest BCUT2D eigenvalue weighted by Crippen LogP contribution is -2.48. The molecule has 0 amide bonds. The highest BCUT2D eigenvalue weighted by molar-refractivity contribution is 4.76. The van der Waals surface area contributed by atoms with Gasteiger partial charge in [0, 0.05) is 13.0 Å². The fourth-order valence-electron chi connectivity index (χ4n) is 1.30. The third-order valence-corrected chi connectivity index (χ3v) is 1.82. The second-order valence-electron chi connectivity index (χ2n) is 2.70. The molecule has 1 saturated heterocycles. The van der Waals surface area contributed by atoms with Gasteiger partial charge in [0.2, 0.25) is 5.91 Å². The van der Waals surface area contributed by atoms with E-state index in [-0.39, 0.29) is 0 Å². The van der Waals surface area contributed by atoms with E-state index in [2.05, 4.69) is 0 Å². The minimum absolute atomic E-state index is 0.317. The van der Waals surface area contributed by atoms with Crippen molar-refractivity contribution in [2.24, 2.45) is 0 Å². The van der Waals surface area contributed by atoms with Gasteiger partial charge in [-0.15, -0.1) is 0 Å². The monoisotopic (exact) mass is 147 g/mol. The zero-order valence-corrected chi connectivity index (χ0v) is 5.99. The smallest absolute Gasteiger partial charge is 0.226 e. The number of hydrogen-bond acceptors (Lipinski definition) is 4. The van der Waals surface area contributed by atoms with Crippen molar-refractivity contribution in [2.75, 3.05) is 6.54 Å². The van der Waals surface area contributed by atoms with Crippen molar-refractivity contribution in [2.45, 2.75) is 31.9 Å². The summed E-state index contributed by atoms with van der Waals surface area (Å²) in [6, 6.07) is 0. The molecule has 1 rings (SSSR count). The van der Waals surface area contributed by atoms with Crippen LogP contribution in [0.3, 0.4) is 0 Å². The molecule has 10 heavy (non-hydrogen) atoms. The van der Waals surface area contributed by atoms with Gasteiger partial charge in [-0.3, -0.25) is 0 Å². The molecular formula is C6H13NO3. The first-order valence-corrected chi connectivity index (χ1v) is 3.43. The van der Waals surface area contributed by atoms with Crippen molar-refractivity contribution >= 4 is 0 Å². The Morgan fingerprint density at radius 3 is 2.30 bits per heavy atom. The van der Waals surface area contributed by atoms with Crippen LogP contribution in [0.1, 0.15) is 19.8 Å². The van der Waals surface area contributed by atoms with Crippen molar-refractivity contribution in [3.8, 4) is 0 Å². The zero-order chi connectivity index (χ0) is 7.78.